The van der Waals surface area contributed by atoms with Crippen LogP contribution in [0.15, 0.2) is 42.5 Å². The van der Waals surface area contributed by atoms with Gasteiger partial charge in [-0.3, -0.25) is 4.79 Å². The maximum Gasteiger partial charge on any atom is 0.262 e. The van der Waals surface area contributed by atoms with Gasteiger partial charge in [0.1, 0.15) is 5.75 Å². The fraction of sp³-hybridized carbons (Fsp3) is 0.350. The van der Waals surface area contributed by atoms with Gasteiger partial charge in [0, 0.05) is 36.6 Å². The Labute approximate surface area is 169 Å². The van der Waals surface area contributed by atoms with E-state index in [0.29, 0.717) is 15.8 Å². The molecule has 1 heterocycles. The molecule has 1 aliphatic heterocycles. The fourth-order valence-electron chi connectivity index (χ4n) is 3.05. The molecule has 27 heavy (non-hydrogen) atoms. The van der Waals surface area contributed by atoms with E-state index in [0.717, 1.165) is 37.3 Å². The molecule has 1 saturated heterocycles. The summed E-state index contributed by atoms with van der Waals surface area (Å²) in [4.78, 5) is 14.4. The number of nitrogens with zero attached hydrogens (tertiary/aromatic N) is 1. The lowest BCUT2D eigenvalue weighted by Gasteiger charge is -2.33. The molecule has 3 rings (SSSR count). The van der Waals surface area contributed by atoms with Crippen LogP contribution in [0.25, 0.3) is 0 Å². The number of nitrogens with one attached hydrogen (secondary N) is 1. The Kier molecular flexibility index (Phi) is 6.83. The van der Waals surface area contributed by atoms with Crippen molar-refractivity contribution in [1.29, 1.82) is 0 Å². The highest BCUT2D eigenvalue weighted by molar-refractivity contribution is 6.35. The van der Waals surface area contributed by atoms with Crippen molar-refractivity contribution >= 4 is 40.5 Å². The summed E-state index contributed by atoms with van der Waals surface area (Å²) in [6, 6.07) is 12.7. The third-order valence-electron chi connectivity index (χ3n) is 4.48. The fourth-order valence-corrected chi connectivity index (χ4v) is 3.52. The first-order chi connectivity index (χ1) is 13.0. The predicted octanol–water partition coefficient (Wildman–Crippen LogP) is 4.63. The summed E-state index contributed by atoms with van der Waals surface area (Å²) in [6.07, 6.45) is 2.48. The summed E-state index contributed by atoms with van der Waals surface area (Å²) >= 11 is 11.9. The number of benzene rings is 2. The molecule has 0 aliphatic carbocycles. The van der Waals surface area contributed by atoms with Gasteiger partial charge >= 0.3 is 0 Å². The van der Waals surface area contributed by atoms with Gasteiger partial charge in [0.05, 0.1) is 11.1 Å². The number of piperidine rings is 1. The highest BCUT2D eigenvalue weighted by atomic mass is 35.5. The van der Waals surface area contributed by atoms with Crippen LogP contribution in [0.3, 0.4) is 0 Å². The van der Waals surface area contributed by atoms with Gasteiger partial charge in [-0.1, -0.05) is 23.2 Å². The Morgan fingerprint density at radius 1 is 1.22 bits per heavy atom. The van der Waals surface area contributed by atoms with Crippen LogP contribution in [0.5, 0.6) is 5.75 Å². The van der Waals surface area contributed by atoms with Crippen LogP contribution >= 0.6 is 23.2 Å². The van der Waals surface area contributed by atoms with Gasteiger partial charge in [0.2, 0.25) is 0 Å². The number of rotatable bonds is 6. The lowest BCUT2D eigenvalue weighted by atomic mass is 10.1. The van der Waals surface area contributed by atoms with Crippen LogP contribution in [0.1, 0.15) is 12.8 Å². The Bertz CT molecular complexity index is 783. The van der Waals surface area contributed by atoms with Crippen molar-refractivity contribution < 1.29 is 14.3 Å². The number of carbonyl (C=O) groups is 1. The largest absolute Gasteiger partial charge is 0.482 e. The number of hydrogen-bond acceptors (Lipinski definition) is 4. The van der Waals surface area contributed by atoms with Crippen molar-refractivity contribution in [3.63, 3.8) is 0 Å². The molecule has 1 unspecified atom stereocenters. The number of methoxy groups -OCH3 is 1. The Morgan fingerprint density at radius 2 is 2.00 bits per heavy atom. The van der Waals surface area contributed by atoms with Gasteiger partial charge in [-0.15, -0.1) is 0 Å². The van der Waals surface area contributed by atoms with Crippen molar-refractivity contribution in [2.75, 3.05) is 37.0 Å². The van der Waals surface area contributed by atoms with E-state index in [4.69, 9.17) is 32.7 Å². The molecule has 1 amide bonds. The first-order valence-electron chi connectivity index (χ1n) is 8.80. The van der Waals surface area contributed by atoms with Gasteiger partial charge in [0.25, 0.3) is 5.91 Å². The number of halogens is 2. The maximum absolute atomic E-state index is 12.1. The predicted molar refractivity (Wildman–Crippen MR) is 109 cm³/mol. The average Bonchev–Trinajstić information content (AvgIpc) is 2.68. The summed E-state index contributed by atoms with van der Waals surface area (Å²) in [6.45, 7) is 1.77. The van der Waals surface area contributed by atoms with Crippen molar-refractivity contribution in [1.82, 2.24) is 0 Å². The van der Waals surface area contributed by atoms with Crippen LogP contribution in [0.4, 0.5) is 11.4 Å². The first kappa shape index (κ1) is 19.8. The van der Waals surface area contributed by atoms with E-state index in [-0.39, 0.29) is 18.6 Å². The zero-order chi connectivity index (χ0) is 19.2. The van der Waals surface area contributed by atoms with Crippen LogP contribution in [-0.4, -0.2) is 38.8 Å². The second kappa shape index (κ2) is 9.31. The van der Waals surface area contributed by atoms with Crippen molar-refractivity contribution in [2.24, 2.45) is 0 Å². The average molecular weight is 409 g/mol. The molecule has 1 aliphatic rings. The molecule has 0 bridgehead atoms. The minimum absolute atomic E-state index is 0.134. The zero-order valence-electron chi connectivity index (χ0n) is 15.1. The van der Waals surface area contributed by atoms with E-state index in [9.17, 15) is 4.79 Å². The van der Waals surface area contributed by atoms with Crippen molar-refractivity contribution in [2.45, 2.75) is 18.9 Å². The third-order valence-corrected chi connectivity index (χ3v) is 5.01. The van der Waals surface area contributed by atoms with Gasteiger partial charge in [-0.2, -0.15) is 0 Å². The SMILES string of the molecule is COC1CCCN(c2ccc(NC(=O)COc3ccc(Cl)cc3Cl)cc2)C1. The first-order valence-corrected chi connectivity index (χ1v) is 9.56. The van der Waals surface area contributed by atoms with Gasteiger partial charge in [-0.05, 0) is 55.3 Å². The molecule has 7 heteroatoms. The van der Waals surface area contributed by atoms with Crippen molar-refractivity contribution in [3.05, 3.63) is 52.5 Å². The molecular formula is C20H22Cl2N2O3. The molecule has 0 radical (unpaired) electrons. The highest BCUT2D eigenvalue weighted by Gasteiger charge is 2.19. The molecule has 0 spiro atoms. The summed E-state index contributed by atoms with van der Waals surface area (Å²) in [5, 5.41) is 3.70. The number of anilines is 2. The minimum Gasteiger partial charge on any atom is -0.482 e. The standard InChI is InChI=1S/C20H22Cl2N2O3/c1-26-17-3-2-10-24(12-17)16-7-5-15(6-8-16)23-20(25)13-27-19-9-4-14(21)11-18(19)22/h4-9,11,17H,2-3,10,12-13H2,1H3,(H,23,25). The zero-order valence-corrected chi connectivity index (χ0v) is 16.6. The summed E-state index contributed by atoms with van der Waals surface area (Å²) < 4.78 is 10.9. The monoisotopic (exact) mass is 408 g/mol. The van der Waals surface area contributed by atoms with Gasteiger partial charge in [-0.25, -0.2) is 0 Å². The van der Waals surface area contributed by atoms with Crippen LogP contribution in [0.2, 0.25) is 10.0 Å². The summed E-state index contributed by atoms with van der Waals surface area (Å²) in [5.41, 5.74) is 1.84. The van der Waals surface area contributed by atoms with E-state index >= 15 is 0 Å². The molecule has 0 aromatic heterocycles. The van der Waals surface area contributed by atoms with Gasteiger partial charge in [0.15, 0.2) is 6.61 Å². The number of carbonyl (C=O) groups excluding carboxylic acids is 1. The maximum atomic E-state index is 12.1. The quantitative estimate of drug-likeness (QED) is 0.756. The minimum atomic E-state index is -0.258. The van der Waals surface area contributed by atoms with E-state index < -0.39 is 0 Å². The molecule has 2 aromatic carbocycles. The topological polar surface area (TPSA) is 50.8 Å². The van der Waals surface area contributed by atoms with E-state index in [1.807, 2.05) is 24.3 Å². The molecule has 2 aromatic rings. The lowest BCUT2D eigenvalue weighted by molar-refractivity contribution is -0.118. The van der Waals surface area contributed by atoms with Crippen LogP contribution < -0.4 is 15.0 Å². The normalized spacial score (nSPS) is 16.9. The molecule has 1 atom stereocenters. The second-order valence-electron chi connectivity index (χ2n) is 6.40. The lowest BCUT2D eigenvalue weighted by Crippen LogP contribution is -2.39. The van der Waals surface area contributed by atoms with Crippen LogP contribution in [0, 0.1) is 0 Å². The molecule has 1 fully saturated rings. The molecular weight excluding hydrogens is 387 g/mol. The molecule has 5 nitrogen and oxygen atoms in total. The molecule has 1 N–H and O–H groups in total. The van der Waals surface area contributed by atoms with E-state index in [1.165, 1.54) is 0 Å². The number of amides is 1. The number of hydrogen-bond donors (Lipinski definition) is 1. The van der Waals surface area contributed by atoms with E-state index in [1.54, 1.807) is 25.3 Å². The summed E-state index contributed by atoms with van der Waals surface area (Å²) in [7, 11) is 1.76. The Hall–Kier alpha value is -1.95. The van der Waals surface area contributed by atoms with Crippen molar-refractivity contribution in [3.8, 4) is 5.75 Å². The van der Waals surface area contributed by atoms with E-state index in [2.05, 4.69) is 10.2 Å². The van der Waals surface area contributed by atoms with Gasteiger partial charge < -0.3 is 19.7 Å². The number of ether oxygens (including phenoxy) is 2. The highest BCUT2D eigenvalue weighted by Crippen LogP contribution is 2.27. The molecule has 144 valence electrons. The Morgan fingerprint density at radius 3 is 2.70 bits per heavy atom. The smallest absolute Gasteiger partial charge is 0.262 e. The van der Waals surface area contributed by atoms with Crippen LogP contribution in [-0.2, 0) is 9.53 Å². The third kappa shape index (κ3) is 5.51. The second-order valence-corrected chi connectivity index (χ2v) is 7.25. The summed E-state index contributed by atoms with van der Waals surface area (Å²) in [5.74, 6) is 0.163. The molecule has 0 saturated carbocycles. The Balaban J connectivity index is 1.52.